The molecule has 158 valence electrons. The van der Waals surface area contributed by atoms with Gasteiger partial charge in [-0.2, -0.15) is 0 Å². The molecule has 1 aliphatic carbocycles. The zero-order valence-corrected chi connectivity index (χ0v) is 16.9. The summed E-state index contributed by atoms with van der Waals surface area (Å²) >= 11 is 0. The molecule has 0 saturated carbocycles. The number of aromatic nitrogens is 1. The van der Waals surface area contributed by atoms with E-state index >= 15 is 0 Å². The molecule has 0 spiro atoms. The Morgan fingerprint density at radius 1 is 1.33 bits per heavy atom. The number of aliphatic hydroxyl groups excluding tert-OH is 1. The van der Waals surface area contributed by atoms with Gasteiger partial charge >= 0.3 is 0 Å². The normalized spacial score (nSPS) is 25.7. The second kappa shape index (κ2) is 8.93. The summed E-state index contributed by atoms with van der Waals surface area (Å²) in [6.45, 7) is 3.06. The molecule has 1 aliphatic heterocycles. The molecule has 0 radical (unpaired) electrons. The second-order valence-corrected chi connectivity index (χ2v) is 7.84. The number of nitrogens with one attached hydrogen (secondary N) is 1. The quantitative estimate of drug-likeness (QED) is 0.788. The van der Waals surface area contributed by atoms with E-state index in [-0.39, 0.29) is 17.6 Å². The molecule has 2 N–H and O–H groups in total. The molecule has 6 nitrogen and oxygen atoms in total. The molecule has 1 aromatic carbocycles. The molecule has 4 unspecified atom stereocenters. The fourth-order valence-electron chi connectivity index (χ4n) is 4.22. The van der Waals surface area contributed by atoms with Gasteiger partial charge in [0.05, 0.1) is 6.04 Å². The number of rotatable bonds is 5. The van der Waals surface area contributed by atoms with Gasteiger partial charge in [-0.3, -0.25) is 9.69 Å². The smallest absolute Gasteiger partial charge is 0.237 e. The number of benzene rings is 1. The fourth-order valence-corrected chi connectivity index (χ4v) is 4.22. The number of nitrogens with zero attached hydrogens (tertiary/aromatic N) is 2. The Bertz CT molecular complexity index is 937. The molecule has 1 saturated heterocycles. The van der Waals surface area contributed by atoms with Crippen molar-refractivity contribution < 1.29 is 18.8 Å². The van der Waals surface area contributed by atoms with Crippen LogP contribution in [0.25, 0.3) is 11.3 Å². The SMILES string of the molecule is CCC1C(=O)NCC(C2C=CC=CC2)CN1C(O)c1cc(-c2ccc(F)cc2)on1. The van der Waals surface area contributed by atoms with Crippen molar-refractivity contribution in [2.24, 2.45) is 11.8 Å². The van der Waals surface area contributed by atoms with E-state index in [4.69, 9.17) is 4.52 Å². The maximum Gasteiger partial charge on any atom is 0.237 e. The molecule has 4 rings (SSSR count). The van der Waals surface area contributed by atoms with E-state index in [1.807, 2.05) is 24.0 Å². The zero-order valence-electron chi connectivity index (χ0n) is 16.9. The highest BCUT2D eigenvalue weighted by atomic mass is 19.1. The first kappa shape index (κ1) is 20.5. The van der Waals surface area contributed by atoms with Gasteiger partial charge in [0.1, 0.15) is 11.5 Å². The number of amides is 1. The summed E-state index contributed by atoms with van der Waals surface area (Å²) in [5, 5.41) is 18.2. The summed E-state index contributed by atoms with van der Waals surface area (Å²) in [6.07, 6.45) is 8.75. The first-order chi connectivity index (χ1) is 14.6. The molecular formula is C23H26FN3O3. The van der Waals surface area contributed by atoms with Crippen LogP contribution in [0.1, 0.15) is 31.7 Å². The number of hydrogen-bond acceptors (Lipinski definition) is 5. The van der Waals surface area contributed by atoms with Crippen molar-refractivity contribution in [2.45, 2.75) is 32.0 Å². The predicted octanol–water partition coefficient (Wildman–Crippen LogP) is 3.43. The summed E-state index contributed by atoms with van der Waals surface area (Å²) in [5.74, 6) is 0.486. The van der Waals surface area contributed by atoms with Gasteiger partial charge in [-0.1, -0.05) is 36.4 Å². The van der Waals surface area contributed by atoms with Crippen LogP contribution >= 0.6 is 0 Å². The van der Waals surface area contributed by atoms with Crippen molar-refractivity contribution in [1.29, 1.82) is 0 Å². The van der Waals surface area contributed by atoms with Gasteiger partial charge in [-0.05, 0) is 48.9 Å². The summed E-state index contributed by atoms with van der Waals surface area (Å²) in [6, 6.07) is 7.07. The monoisotopic (exact) mass is 411 g/mol. The van der Waals surface area contributed by atoms with Crippen molar-refractivity contribution in [3.63, 3.8) is 0 Å². The zero-order chi connectivity index (χ0) is 21.1. The molecule has 1 fully saturated rings. The molecule has 7 heteroatoms. The van der Waals surface area contributed by atoms with E-state index in [1.165, 1.54) is 12.1 Å². The fraction of sp³-hybridized carbons (Fsp3) is 0.391. The third kappa shape index (κ3) is 4.22. The Kier molecular flexibility index (Phi) is 6.11. The lowest BCUT2D eigenvalue weighted by atomic mass is 9.86. The van der Waals surface area contributed by atoms with Gasteiger partial charge < -0.3 is 14.9 Å². The van der Waals surface area contributed by atoms with E-state index in [9.17, 15) is 14.3 Å². The first-order valence-electron chi connectivity index (χ1n) is 10.3. The van der Waals surface area contributed by atoms with E-state index in [1.54, 1.807) is 18.2 Å². The Balaban J connectivity index is 1.58. The van der Waals surface area contributed by atoms with Gasteiger partial charge in [0.25, 0.3) is 0 Å². The maximum absolute atomic E-state index is 13.2. The summed E-state index contributed by atoms with van der Waals surface area (Å²) in [7, 11) is 0. The van der Waals surface area contributed by atoms with Crippen LogP contribution < -0.4 is 5.32 Å². The molecule has 2 aliphatic rings. The minimum atomic E-state index is -1.08. The highest BCUT2D eigenvalue weighted by Gasteiger charge is 2.37. The minimum Gasteiger partial charge on any atom is -0.372 e. The van der Waals surface area contributed by atoms with Crippen molar-refractivity contribution in [3.8, 4) is 11.3 Å². The third-order valence-corrected chi connectivity index (χ3v) is 5.93. The number of carbonyl (C=O) groups is 1. The van der Waals surface area contributed by atoms with E-state index < -0.39 is 12.3 Å². The lowest BCUT2D eigenvalue weighted by molar-refractivity contribution is -0.131. The Hall–Kier alpha value is -2.77. The largest absolute Gasteiger partial charge is 0.372 e. The molecule has 1 amide bonds. The molecule has 30 heavy (non-hydrogen) atoms. The topological polar surface area (TPSA) is 78.6 Å². The van der Waals surface area contributed by atoms with Crippen LogP contribution in [0.3, 0.4) is 0 Å². The summed E-state index contributed by atoms with van der Waals surface area (Å²) in [5.41, 5.74) is 1.00. The van der Waals surface area contributed by atoms with Crippen LogP contribution in [0.5, 0.6) is 0 Å². The van der Waals surface area contributed by atoms with Gasteiger partial charge in [0.15, 0.2) is 12.0 Å². The van der Waals surface area contributed by atoms with Gasteiger partial charge in [-0.15, -0.1) is 0 Å². The average molecular weight is 411 g/mol. The summed E-state index contributed by atoms with van der Waals surface area (Å²) in [4.78, 5) is 14.5. The third-order valence-electron chi connectivity index (χ3n) is 5.93. The lowest BCUT2D eigenvalue weighted by Gasteiger charge is -2.34. The van der Waals surface area contributed by atoms with E-state index in [0.717, 1.165) is 6.42 Å². The maximum atomic E-state index is 13.2. The number of halogens is 1. The standard InChI is InChI=1S/C23H26FN3O3/c1-2-20-22(28)25-13-17(15-6-4-3-5-7-15)14-27(20)23(29)19-12-21(30-26-19)16-8-10-18(24)11-9-16/h3-6,8-12,15,17,20,23,29H,2,7,13-14H2,1H3,(H,25,28). The van der Waals surface area contributed by atoms with Crippen LogP contribution in [-0.4, -0.2) is 40.2 Å². The minimum absolute atomic E-state index is 0.0864. The van der Waals surface area contributed by atoms with Crippen LogP contribution in [0.4, 0.5) is 4.39 Å². The number of allylic oxidation sites excluding steroid dienone is 4. The first-order valence-corrected chi connectivity index (χ1v) is 10.3. The summed E-state index contributed by atoms with van der Waals surface area (Å²) < 4.78 is 18.6. The Labute approximate surface area is 175 Å². The van der Waals surface area contributed by atoms with Crippen LogP contribution in [-0.2, 0) is 4.79 Å². The average Bonchev–Trinajstić information content (AvgIpc) is 3.20. The van der Waals surface area contributed by atoms with Crippen molar-refractivity contribution >= 4 is 5.91 Å². The van der Waals surface area contributed by atoms with Gasteiger partial charge in [0, 0.05) is 24.7 Å². The second-order valence-electron chi connectivity index (χ2n) is 7.84. The Morgan fingerprint density at radius 2 is 2.13 bits per heavy atom. The highest BCUT2D eigenvalue weighted by molar-refractivity contribution is 5.82. The molecule has 1 aromatic heterocycles. The molecule has 2 aromatic rings. The van der Waals surface area contributed by atoms with E-state index in [2.05, 4.69) is 22.6 Å². The molecule has 2 heterocycles. The Morgan fingerprint density at radius 3 is 2.83 bits per heavy atom. The highest BCUT2D eigenvalue weighted by Crippen LogP contribution is 2.31. The van der Waals surface area contributed by atoms with Crippen molar-refractivity contribution in [1.82, 2.24) is 15.4 Å². The molecule has 4 atom stereocenters. The van der Waals surface area contributed by atoms with Crippen LogP contribution in [0, 0.1) is 17.7 Å². The number of hydrogen-bond donors (Lipinski definition) is 2. The van der Waals surface area contributed by atoms with Crippen molar-refractivity contribution in [2.75, 3.05) is 13.1 Å². The van der Waals surface area contributed by atoms with Gasteiger partial charge in [0.2, 0.25) is 5.91 Å². The molecule has 0 bridgehead atoms. The predicted molar refractivity (Wildman–Crippen MR) is 111 cm³/mol. The van der Waals surface area contributed by atoms with Crippen molar-refractivity contribution in [3.05, 3.63) is 66.1 Å². The number of carbonyl (C=O) groups excluding carboxylic acids is 1. The van der Waals surface area contributed by atoms with E-state index in [0.29, 0.717) is 42.4 Å². The van der Waals surface area contributed by atoms with Crippen LogP contribution in [0.15, 0.2) is 59.2 Å². The van der Waals surface area contributed by atoms with Gasteiger partial charge in [-0.25, -0.2) is 4.39 Å². The number of aliphatic hydroxyl groups is 1. The van der Waals surface area contributed by atoms with Crippen LogP contribution in [0.2, 0.25) is 0 Å². The lowest BCUT2D eigenvalue weighted by Crippen LogP contribution is -2.46. The molecular weight excluding hydrogens is 385 g/mol.